The predicted molar refractivity (Wildman–Crippen MR) is 124 cm³/mol. The SMILES string of the molecule is CCCN1CCC(NC(=NCc2ccc(OC3CCCC3)c(OC)c2)NCC)CC1. The maximum Gasteiger partial charge on any atom is 0.191 e. The van der Waals surface area contributed by atoms with E-state index in [1.807, 2.05) is 6.07 Å². The summed E-state index contributed by atoms with van der Waals surface area (Å²) in [7, 11) is 1.71. The molecule has 30 heavy (non-hydrogen) atoms. The molecule has 0 unspecified atom stereocenters. The number of benzene rings is 1. The van der Waals surface area contributed by atoms with Gasteiger partial charge >= 0.3 is 0 Å². The van der Waals surface area contributed by atoms with E-state index in [2.05, 4.69) is 41.5 Å². The highest BCUT2D eigenvalue weighted by molar-refractivity contribution is 5.80. The molecule has 1 saturated heterocycles. The molecule has 1 aliphatic heterocycles. The van der Waals surface area contributed by atoms with Gasteiger partial charge in [-0.15, -0.1) is 0 Å². The molecular formula is C24H40N4O2. The first kappa shape index (κ1) is 22.7. The molecule has 2 fully saturated rings. The molecule has 1 saturated carbocycles. The zero-order valence-corrected chi connectivity index (χ0v) is 19.1. The molecule has 1 aromatic carbocycles. The number of rotatable bonds is 9. The first-order valence-corrected chi connectivity index (χ1v) is 11.8. The van der Waals surface area contributed by atoms with Crippen LogP contribution in [0.15, 0.2) is 23.2 Å². The zero-order chi connectivity index (χ0) is 21.2. The van der Waals surface area contributed by atoms with Gasteiger partial charge in [0.1, 0.15) is 0 Å². The molecule has 0 atom stereocenters. The van der Waals surface area contributed by atoms with Crippen molar-refractivity contribution < 1.29 is 9.47 Å². The van der Waals surface area contributed by atoms with Crippen LogP contribution in [0.4, 0.5) is 0 Å². The Morgan fingerprint density at radius 1 is 1.10 bits per heavy atom. The Morgan fingerprint density at radius 2 is 1.87 bits per heavy atom. The van der Waals surface area contributed by atoms with Gasteiger partial charge in [-0.3, -0.25) is 0 Å². The molecule has 3 rings (SSSR count). The molecule has 2 aliphatic rings. The van der Waals surface area contributed by atoms with Crippen LogP contribution in [0, 0.1) is 0 Å². The average molecular weight is 417 g/mol. The van der Waals surface area contributed by atoms with E-state index in [-0.39, 0.29) is 0 Å². The molecule has 6 nitrogen and oxygen atoms in total. The number of nitrogens with one attached hydrogen (secondary N) is 2. The summed E-state index contributed by atoms with van der Waals surface area (Å²) in [6.07, 6.45) is 8.72. The summed E-state index contributed by atoms with van der Waals surface area (Å²) in [5.74, 6) is 2.55. The largest absolute Gasteiger partial charge is 0.493 e. The van der Waals surface area contributed by atoms with Crippen LogP contribution in [-0.4, -0.2) is 56.3 Å². The first-order chi connectivity index (χ1) is 14.7. The van der Waals surface area contributed by atoms with Crippen LogP contribution in [-0.2, 0) is 6.54 Å². The standard InChI is InChI=1S/C24H40N4O2/c1-4-14-28-15-12-20(13-16-28)27-24(25-5-2)26-18-19-10-11-22(23(17-19)29-3)30-21-8-6-7-9-21/h10-11,17,20-21H,4-9,12-16,18H2,1-3H3,(H2,25,26,27). The summed E-state index contributed by atoms with van der Waals surface area (Å²) in [5.41, 5.74) is 1.13. The van der Waals surface area contributed by atoms with Crippen molar-refractivity contribution in [2.45, 2.75) is 77.5 Å². The van der Waals surface area contributed by atoms with E-state index in [1.54, 1.807) is 7.11 Å². The van der Waals surface area contributed by atoms with Crippen LogP contribution in [0.3, 0.4) is 0 Å². The number of guanidine groups is 1. The quantitative estimate of drug-likeness (QED) is 0.472. The third-order valence-electron chi connectivity index (χ3n) is 6.06. The van der Waals surface area contributed by atoms with Gasteiger partial charge in [-0.1, -0.05) is 13.0 Å². The topological polar surface area (TPSA) is 58.1 Å². The van der Waals surface area contributed by atoms with E-state index in [0.29, 0.717) is 18.7 Å². The van der Waals surface area contributed by atoms with Gasteiger partial charge in [0.2, 0.25) is 0 Å². The lowest BCUT2D eigenvalue weighted by Gasteiger charge is -2.32. The highest BCUT2D eigenvalue weighted by Gasteiger charge is 2.20. The highest BCUT2D eigenvalue weighted by atomic mass is 16.5. The lowest BCUT2D eigenvalue weighted by Crippen LogP contribution is -2.48. The molecule has 1 aliphatic carbocycles. The van der Waals surface area contributed by atoms with Gasteiger partial charge in [0.15, 0.2) is 17.5 Å². The van der Waals surface area contributed by atoms with E-state index >= 15 is 0 Å². The van der Waals surface area contributed by atoms with Gasteiger partial charge in [0.25, 0.3) is 0 Å². The molecule has 6 heteroatoms. The Morgan fingerprint density at radius 3 is 2.53 bits per heavy atom. The van der Waals surface area contributed by atoms with E-state index in [0.717, 1.165) is 42.4 Å². The van der Waals surface area contributed by atoms with E-state index < -0.39 is 0 Å². The van der Waals surface area contributed by atoms with Crippen molar-refractivity contribution >= 4 is 5.96 Å². The third kappa shape index (κ3) is 6.79. The lowest BCUT2D eigenvalue weighted by atomic mass is 10.1. The Kier molecular flexibility index (Phi) is 9.12. The molecular weight excluding hydrogens is 376 g/mol. The number of likely N-dealkylation sites (tertiary alicyclic amines) is 1. The second-order valence-electron chi connectivity index (χ2n) is 8.46. The summed E-state index contributed by atoms with van der Waals surface area (Å²) in [4.78, 5) is 7.39. The summed E-state index contributed by atoms with van der Waals surface area (Å²) >= 11 is 0. The maximum absolute atomic E-state index is 6.15. The first-order valence-electron chi connectivity index (χ1n) is 11.8. The minimum absolute atomic E-state index is 0.330. The Balaban J connectivity index is 1.57. The fourth-order valence-corrected chi connectivity index (χ4v) is 4.39. The third-order valence-corrected chi connectivity index (χ3v) is 6.06. The molecule has 0 spiro atoms. The predicted octanol–water partition coefficient (Wildman–Crippen LogP) is 3.95. The Hall–Kier alpha value is -1.95. The minimum Gasteiger partial charge on any atom is -0.493 e. The van der Waals surface area contributed by atoms with Crippen molar-refractivity contribution in [2.75, 3.05) is 33.3 Å². The zero-order valence-electron chi connectivity index (χ0n) is 19.1. The normalized spacial score (nSPS) is 19.1. The summed E-state index contributed by atoms with van der Waals surface area (Å²) in [6.45, 7) is 9.39. The molecule has 1 heterocycles. The number of hydrogen-bond donors (Lipinski definition) is 2. The van der Waals surface area contributed by atoms with Gasteiger partial charge in [0.05, 0.1) is 19.8 Å². The summed E-state index contributed by atoms with van der Waals surface area (Å²) in [5, 5.41) is 7.03. The van der Waals surface area contributed by atoms with E-state index in [9.17, 15) is 0 Å². The van der Waals surface area contributed by atoms with Gasteiger partial charge in [0, 0.05) is 25.7 Å². The fraction of sp³-hybridized carbons (Fsp3) is 0.708. The smallest absolute Gasteiger partial charge is 0.191 e. The summed E-state index contributed by atoms with van der Waals surface area (Å²) in [6, 6.07) is 6.68. The Bertz CT molecular complexity index is 665. The van der Waals surface area contributed by atoms with Gasteiger partial charge in [-0.05, 0) is 76.1 Å². The number of methoxy groups -OCH3 is 1. The van der Waals surface area contributed by atoms with Crippen LogP contribution in [0.25, 0.3) is 0 Å². The molecule has 0 amide bonds. The molecule has 0 bridgehead atoms. The molecule has 168 valence electrons. The number of piperidine rings is 1. The van der Waals surface area contributed by atoms with Crippen LogP contribution in [0.1, 0.15) is 64.4 Å². The monoisotopic (exact) mass is 416 g/mol. The van der Waals surface area contributed by atoms with Gasteiger partial charge < -0.3 is 25.0 Å². The van der Waals surface area contributed by atoms with Gasteiger partial charge in [-0.2, -0.15) is 0 Å². The Labute approximate surface area is 182 Å². The lowest BCUT2D eigenvalue weighted by molar-refractivity contribution is 0.200. The van der Waals surface area contributed by atoms with Crippen molar-refractivity contribution in [1.29, 1.82) is 0 Å². The second-order valence-corrected chi connectivity index (χ2v) is 8.46. The number of nitrogens with zero attached hydrogens (tertiary/aromatic N) is 2. The minimum atomic E-state index is 0.330. The summed E-state index contributed by atoms with van der Waals surface area (Å²) < 4.78 is 11.7. The number of aliphatic imine (C=N–C) groups is 1. The van der Waals surface area contributed by atoms with Crippen LogP contribution in [0.5, 0.6) is 11.5 Å². The van der Waals surface area contributed by atoms with Crippen LogP contribution in [0.2, 0.25) is 0 Å². The second kappa shape index (κ2) is 12.0. The maximum atomic E-state index is 6.15. The van der Waals surface area contributed by atoms with E-state index in [4.69, 9.17) is 14.5 Å². The van der Waals surface area contributed by atoms with E-state index in [1.165, 1.54) is 51.7 Å². The van der Waals surface area contributed by atoms with Crippen molar-refractivity contribution in [3.05, 3.63) is 23.8 Å². The fourth-order valence-electron chi connectivity index (χ4n) is 4.39. The van der Waals surface area contributed by atoms with Crippen LogP contribution >= 0.6 is 0 Å². The molecule has 2 N–H and O–H groups in total. The van der Waals surface area contributed by atoms with Crippen LogP contribution < -0.4 is 20.1 Å². The van der Waals surface area contributed by atoms with Crippen molar-refractivity contribution in [3.8, 4) is 11.5 Å². The number of ether oxygens (including phenoxy) is 2. The molecule has 1 aromatic rings. The molecule has 0 radical (unpaired) electrons. The number of hydrogen-bond acceptors (Lipinski definition) is 4. The van der Waals surface area contributed by atoms with Crippen molar-refractivity contribution in [3.63, 3.8) is 0 Å². The highest BCUT2D eigenvalue weighted by Crippen LogP contribution is 2.32. The van der Waals surface area contributed by atoms with Crippen molar-refractivity contribution in [2.24, 2.45) is 4.99 Å². The molecule has 0 aromatic heterocycles. The average Bonchev–Trinajstić information content (AvgIpc) is 3.27. The van der Waals surface area contributed by atoms with Crippen molar-refractivity contribution in [1.82, 2.24) is 15.5 Å². The van der Waals surface area contributed by atoms with Gasteiger partial charge in [-0.25, -0.2) is 4.99 Å².